The molecule has 2 saturated heterocycles. The molecule has 2 aliphatic heterocycles. The van der Waals surface area contributed by atoms with Gasteiger partial charge in [0.1, 0.15) is 5.78 Å². The third-order valence-corrected chi connectivity index (χ3v) is 4.71. The summed E-state index contributed by atoms with van der Waals surface area (Å²) in [4.78, 5) is 21.9. The molecule has 4 nitrogen and oxygen atoms in total. The number of fused-ring (bicyclic) bond motifs is 1. The van der Waals surface area contributed by atoms with Gasteiger partial charge in [-0.15, -0.1) is 0 Å². The first kappa shape index (κ1) is 11.8. The van der Waals surface area contributed by atoms with E-state index in [-0.39, 0.29) is 11.8 Å². The molecule has 0 aromatic heterocycles. The largest absolute Gasteiger partial charge is 0.332 e. The van der Waals surface area contributed by atoms with E-state index in [4.69, 9.17) is 0 Å². The number of amides is 2. The molecule has 16 heavy (non-hydrogen) atoms. The van der Waals surface area contributed by atoms with E-state index in [1.54, 1.807) is 6.92 Å². The summed E-state index contributed by atoms with van der Waals surface area (Å²) >= 11 is 1.93. The van der Waals surface area contributed by atoms with E-state index in [0.29, 0.717) is 23.8 Å². The predicted octanol–water partition coefficient (Wildman–Crippen LogP) is 1.30. The average Bonchev–Trinajstić information content (AvgIpc) is 2.72. The van der Waals surface area contributed by atoms with Crippen molar-refractivity contribution >= 4 is 23.6 Å². The molecular weight excluding hydrogens is 224 g/mol. The van der Waals surface area contributed by atoms with E-state index < -0.39 is 0 Å². The van der Waals surface area contributed by atoms with Crippen LogP contribution >= 0.6 is 11.8 Å². The van der Waals surface area contributed by atoms with Crippen LogP contribution in [0.3, 0.4) is 0 Å². The van der Waals surface area contributed by atoms with Crippen LogP contribution in [0.15, 0.2) is 0 Å². The van der Waals surface area contributed by atoms with Crippen LogP contribution in [0.5, 0.6) is 0 Å². The second-order valence-corrected chi connectivity index (χ2v) is 5.84. The maximum Gasteiger partial charge on any atom is 0.315 e. The quantitative estimate of drug-likeness (QED) is 0.564. The number of unbranched alkanes of at least 4 members (excludes halogenated alkanes) is 1. The first-order valence-corrected chi connectivity index (χ1v) is 6.90. The van der Waals surface area contributed by atoms with Crippen LogP contribution in [-0.2, 0) is 4.79 Å². The minimum Gasteiger partial charge on any atom is -0.332 e. The lowest BCUT2D eigenvalue weighted by Gasteiger charge is -2.16. The monoisotopic (exact) mass is 242 g/mol. The van der Waals surface area contributed by atoms with Gasteiger partial charge in [-0.3, -0.25) is 0 Å². The highest BCUT2D eigenvalue weighted by Crippen LogP contribution is 2.33. The molecule has 2 aliphatic rings. The molecule has 0 bridgehead atoms. The number of rotatable bonds is 5. The Hall–Kier alpha value is -0.710. The molecule has 1 unspecified atom stereocenters. The van der Waals surface area contributed by atoms with Gasteiger partial charge in [0.05, 0.1) is 12.1 Å². The molecule has 2 heterocycles. The van der Waals surface area contributed by atoms with E-state index in [0.717, 1.165) is 25.0 Å². The van der Waals surface area contributed by atoms with Crippen molar-refractivity contribution < 1.29 is 9.59 Å². The fourth-order valence-electron chi connectivity index (χ4n) is 2.36. The standard InChI is InChI=1S/C11H18N2O2S/c1-7(14)4-2-3-5-9-10-8(6-16-9)12-11(15)13-10/h8-10H,2-6H2,1H3,(H2,12,13,15)/t8-,9?,10-/m1/s1. The maximum absolute atomic E-state index is 11.1. The van der Waals surface area contributed by atoms with Gasteiger partial charge in [0.15, 0.2) is 0 Å². The molecule has 0 aromatic rings. The van der Waals surface area contributed by atoms with Crippen LogP contribution in [0.2, 0.25) is 0 Å². The number of urea groups is 1. The summed E-state index contributed by atoms with van der Waals surface area (Å²) in [6.45, 7) is 1.64. The Balaban J connectivity index is 1.70. The van der Waals surface area contributed by atoms with Gasteiger partial charge in [-0.1, -0.05) is 6.42 Å². The van der Waals surface area contributed by atoms with Crippen molar-refractivity contribution in [3.8, 4) is 0 Å². The van der Waals surface area contributed by atoms with Gasteiger partial charge >= 0.3 is 6.03 Å². The molecule has 2 amide bonds. The van der Waals surface area contributed by atoms with Crippen molar-refractivity contribution in [3.63, 3.8) is 0 Å². The lowest BCUT2D eigenvalue weighted by Crippen LogP contribution is -2.36. The fourth-order valence-corrected chi connectivity index (χ4v) is 3.91. The van der Waals surface area contributed by atoms with Gasteiger partial charge in [-0.25, -0.2) is 4.79 Å². The zero-order chi connectivity index (χ0) is 11.5. The lowest BCUT2D eigenvalue weighted by atomic mass is 10.0. The Labute approximate surface area is 99.9 Å². The molecule has 90 valence electrons. The van der Waals surface area contributed by atoms with Crippen LogP contribution in [0.4, 0.5) is 4.79 Å². The minimum absolute atomic E-state index is 0.0240. The van der Waals surface area contributed by atoms with Crippen LogP contribution in [0.25, 0.3) is 0 Å². The van der Waals surface area contributed by atoms with Crippen LogP contribution in [0.1, 0.15) is 32.6 Å². The molecule has 3 atom stereocenters. The highest BCUT2D eigenvalue weighted by Gasteiger charge is 2.42. The number of ketones is 1. The molecule has 0 aliphatic carbocycles. The lowest BCUT2D eigenvalue weighted by molar-refractivity contribution is -0.117. The third kappa shape index (κ3) is 2.70. The van der Waals surface area contributed by atoms with E-state index in [9.17, 15) is 9.59 Å². The molecule has 0 saturated carbocycles. The van der Waals surface area contributed by atoms with Gasteiger partial charge < -0.3 is 15.4 Å². The summed E-state index contributed by atoms with van der Waals surface area (Å²) in [5.74, 6) is 1.29. The number of Topliss-reactive ketones (excluding diaryl/α,β-unsaturated/α-hetero) is 1. The highest BCUT2D eigenvalue weighted by molar-refractivity contribution is 8.00. The molecule has 0 spiro atoms. The van der Waals surface area contributed by atoms with E-state index in [2.05, 4.69) is 10.6 Å². The summed E-state index contributed by atoms with van der Waals surface area (Å²) in [6, 6.07) is 0.592. The minimum atomic E-state index is -0.0240. The summed E-state index contributed by atoms with van der Waals surface area (Å²) in [5.41, 5.74) is 0. The number of thioether (sulfide) groups is 1. The summed E-state index contributed by atoms with van der Waals surface area (Å²) in [5, 5.41) is 6.43. The van der Waals surface area contributed by atoms with E-state index in [1.807, 2.05) is 11.8 Å². The zero-order valence-corrected chi connectivity index (χ0v) is 10.3. The molecule has 2 rings (SSSR count). The molecule has 2 N–H and O–H groups in total. The normalized spacial score (nSPS) is 32.1. The van der Waals surface area contributed by atoms with Gasteiger partial charge in [0.25, 0.3) is 0 Å². The molecular formula is C11H18N2O2S. The number of nitrogens with one attached hydrogen (secondary N) is 2. The second-order valence-electron chi connectivity index (χ2n) is 4.57. The van der Waals surface area contributed by atoms with Crippen molar-refractivity contribution in [2.45, 2.75) is 49.9 Å². The smallest absolute Gasteiger partial charge is 0.315 e. The Kier molecular flexibility index (Phi) is 3.74. The van der Waals surface area contributed by atoms with Gasteiger partial charge in [-0.2, -0.15) is 11.8 Å². The number of hydrogen-bond donors (Lipinski definition) is 2. The summed E-state index contributed by atoms with van der Waals surface area (Å²) < 4.78 is 0. The van der Waals surface area contributed by atoms with Crippen molar-refractivity contribution in [1.82, 2.24) is 10.6 Å². The highest BCUT2D eigenvalue weighted by atomic mass is 32.2. The maximum atomic E-state index is 11.1. The topological polar surface area (TPSA) is 58.2 Å². The number of carbonyl (C=O) groups is 2. The van der Waals surface area contributed by atoms with E-state index in [1.165, 1.54) is 0 Å². The Morgan fingerprint density at radius 3 is 3.00 bits per heavy atom. The Morgan fingerprint density at radius 1 is 1.44 bits per heavy atom. The Bertz CT molecular complexity index is 296. The van der Waals surface area contributed by atoms with Crippen molar-refractivity contribution in [2.75, 3.05) is 5.75 Å². The van der Waals surface area contributed by atoms with Crippen LogP contribution in [-0.4, -0.2) is 34.9 Å². The van der Waals surface area contributed by atoms with E-state index >= 15 is 0 Å². The first-order valence-electron chi connectivity index (χ1n) is 5.85. The molecule has 0 radical (unpaired) electrons. The van der Waals surface area contributed by atoms with Gasteiger partial charge in [-0.05, 0) is 19.8 Å². The summed E-state index contributed by atoms with van der Waals surface area (Å²) in [7, 11) is 0. The first-order chi connectivity index (χ1) is 7.66. The molecule has 0 aromatic carbocycles. The van der Waals surface area contributed by atoms with Gasteiger partial charge in [0.2, 0.25) is 0 Å². The number of carbonyl (C=O) groups excluding carboxylic acids is 2. The number of hydrogen-bond acceptors (Lipinski definition) is 3. The van der Waals surface area contributed by atoms with Crippen LogP contribution in [0, 0.1) is 0 Å². The Morgan fingerprint density at radius 2 is 2.25 bits per heavy atom. The average molecular weight is 242 g/mol. The van der Waals surface area contributed by atoms with Crippen molar-refractivity contribution in [3.05, 3.63) is 0 Å². The van der Waals surface area contributed by atoms with Crippen LogP contribution < -0.4 is 10.6 Å². The van der Waals surface area contributed by atoms with Crippen molar-refractivity contribution in [1.29, 1.82) is 0 Å². The SMILES string of the molecule is CC(=O)CCCCC1SC[C@H]2NC(=O)N[C@@H]12. The predicted molar refractivity (Wildman–Crippen MR) is 64.6 cm³/mol. The summed E-state index contributed by atoms with van der Waals surface area (Å²) in [6.07, 6.45) is 3.85. The third-order valence-electron chi connectivity index (χ3n) is 3.21. The molecule has 2 fully saturated rings. The molecule has 5 heteroatoms. The fraction of sp³-hybridized carbons (Fsp3) is 0.818. The zero-order valence-electron chi connectivity index (χ0n) is 9.49. The van der Waals surface area contributed by atoms with Crippen molar-refractivity contribution in [2.24, 2.45) is 0 Å². The second kappa shape index (κ2) is 5.08. The van der Waals surface area contributed by atoms with Gasteiger partial charge in [0, 0.05) is 17.4 Å².